The molecule has 0 spiro atoms. The van der Waals surface area contributed by atoms with Gasteiger partial charge in [0.25, 0.3) is 0 Å². The summed E-state index contributed by atoms with van der Waals surface area (Å²) in [6.07, 6.45) is 3.71. The SMILES string of the molecule is c1ccc(C[C@@H]2NCCC[C@@H]2c2ccccc2)cc1. The lowest BCUT2D eigenvalue weighted by Gasteiger charge is -2.33. The number of rotatable bonds is 3. The molecular weight excluding hydrogens is 230 g/mol. The fourth-order valence-electron chi connectivity index (χ4n) is 3.13. The Hall–Kier alpha value is -1.60. The minimum absolute atomic E-state index is 0.568. The molecule has 1 aliphatic rings. The van der Waals surface area contributed by atoms with Crippen molar-refractivity contribution in [3.63, 3.8) is 0 Å². The molecule has 0 aromatic heterocycles. The van der Waals surface area contributed by atoms with Crippen LogP contribution in [0.15, 0.2) is 60.7 Å². The molecule has 1 aliphatic heterocycles. The summed E-state index contributed by atoms with van der Waals surface area (Å²) in [5, 5.41) is 3.72. The summed E-state index contributed by atoms with van der Waals surface area (Å²) in [4.78, 5) is 0. The van der Waals surface area contributed by atoms with Crippen LogP contribution < -0.4 is 5.32 Å². The minimum atomic E-state index is 0.568. The summed E-state index contributed by atoms with van der Waals surface area (Å²) in [5.74, 6) is 0.648. The Morgan fingerprint density at radius 2 is 1.58 bits per heavy atom. The van der Waals surface area contributed by atoms with Crippen LogP contribution in [0.1, 0.15) is 29.9 Å². The zero-order valence-electron chi connectivity index (χ0n) is 11.3. The topological polar surface area (TPSA) is 12.0 Å². The number of benzene rings is 2. The van der Waals surface area contributed by atoms with Crippen molar-refractivity contribution in [3.8, 4) is 0 Å². The van der Waals surface area contributed by atoms with E-state index in [0.29, 0.717) is 12.0 Å². The van der Waals surface area contributed by atoms with Crippen LogP contribution in [0.3, 0.4) is 0 Å². The molecule has 0 saturated carbocycles. The lowest BCUT2D eigenvalue weighted by atomic mass is 9.82. The number of hydrogen-bond donors (Lipinski definition) is 1. The highest BCUT2D eigenvalue weighted by Crippen LogP contribution is 2.29. The van der Waals surface area contributed by atoms with Gasteiger partial charge < -0.3 is 5.32 Å². The molecule has 1 fully saturated rings. The van der Waals surface area contributed by atoms with Gasteiger partial charge in [0.1, 0.15) is 0 Å². The first-order chi connectivity index (χ1) is 9.43. The van der Waals surface area contributed by atoms with E-state index in [9.17, 15) is 0 Å². The summed E-state index contributed by atoms with van der Waals surface area (Å²) in [6.45, 7) is 1.15. The lowest BCUT2D eigenvalue weighted by Crippen LogP contribution is -2.41. The van der Waals surface area contributed by atoms with Crippen molar-refractivity contribution in [2.45, 2.75) is 31.2 Å². The Kier molecular flexibility index (Phi) is 3.95. The van der Waals surface area contributed by atoms with Crippen LogP contribution >= 0.6 is 0 Å². The molecule has 0 radical (unpaired) electrons. The van der Waals surface area contributed by atoms with Crippen LogP contribution in [0.25, 0.3) is 0 Å². The summed E-state index contributed by atoms with van der Waals surface area (Å²) in [5.41, 5.74) is 2.92. The normalized spacial score (nSPS) is 23.2. The van der Waals surface area contributed by atoms with Crippen molar-refractivity contribution in [1.29, 1.82) is 0 Å². The molecule has 98 valence electrons. The monoisotopic (exact) mass is 251 g/mol. The molecule has 1 saturated heterocycles. The van der Waals surface area contributed by atoms with Crippen molar-refractivity contribution >= 4 is 0 Å². The number of nitrogens with one attached hydrogen (secondary N) is 1. The largest absolute Gasteiger partial charge is 0.313 e. The Morgan fingerprint density at radius 1 is 0.895 bits per heavy atom. The van der Waals surface area contributed by atoms with Gasteiger partial charge in [0.05, 0.1) is 0 Å². The Balaban J connectivity index is 1.78. The van der Waals surface area contributed by atoms with Crippen LogP contribution in [0.4, 0.5) is 0 Å². The standard InChI is InChI=1S/C18H21N/c1-3-8-15(9-4-1)14-18-17(12-7-13-19-18)16-10-5-2-6-11-16/h1-6,8-11,17-19H,7,12-14H2/t17-,18+/m1/s1. The molecule has 19 heavy (non-hydrogen) atoms. The highest BCUT2D eigenvalue weighted by molar-refractivity contribution is 5.24. The first kappa shape index (κ1) is 12.4. The second-order valence-electron chi connectivity index (χ2n) is 5.41. The fraction of sp³-hybridized carbons (Fsp3) is 0.333. The van der Waals surface area contributed by atoms with E-state index in [-0.39, 0.29) is 0 Å². The van der Waals surface area contributed by atoms with E-state index in [4.69, 9.17) is 0 Å². The van der Waals surface area contributed by atoms with Gasteiger partial charge in [0.2, 0.25) is 0 Å². The van der Waals surface area contributed by atoms with E-state index in [1.807, 2.05) is 0 Å². The average molecular weight is 251 g/mol. The molecule has 1 heteroatoms. The maximum atomic E-state index is 3.72. The molecule has 0 aliphatic carbocycles. The Morgan fingerprint density at radius 3 is 2.32 bits per heavy atom. The summed E-state index contributed by atoms with van der Waals surface area (Å²) >= 11 is 0. The Labute approximate surface area is 115 Å². The van der Waals surface area contributed by atoms with Crippen molar-refractivity contribution in [1.82, 2.24) is 5.32 Å². The molecule has 2 atom stereocenters. The van der Waals surface area contributed by atoms with E-state index in [1.165, 1.54) is 24.0 Å². The van der Waals surface area contributed by atoms with E-state index in [2.05, 4.69) is 66.0 Å². The van der Waals surface area contributed by atoms with Gasteiger partial charge in [-0.1, -0.05) is 60.7 Å². The summed E-state index contributed by atoms with van der Waals surface area (Å²) in [6, 6.07) is 22.4. The van der Waals surface area contributed by atoms with Gasteiger partial charge in [-0.25, -0.2) is 0 Å². The average Bonchev–Trinajstić information content (AvgIpc) is 2.50. The van der Waals surface area contributed by atoms with Gasteiger partial charge in [-0.05, 0) is 42.9 Å². The van der Waals surface area contributed by atoms with Gasteiger partial charge >= 0.3 is 0 Å². The quantitative estimate of drug-likeness (QED) is 0.875. The lowest BCUT2D eigenvalue weighted by molar-refractivity contribution is 0.348. The molecule has 0 amide bonds. The van der Waals surface area contributed by atoms with Crippen molar-refractivity contribution in [2.24, 2.45) is 0 Å². The third kappa shape index (κ3) is 3.05. The summed E-state index contributed by atoms with van der Waals surface area (Å²) in [7, 11) is 0. The molecule has 1 N–H and O–H groups in total. The van der Waals surface area contributed by atoms with Gasteiger partial charge in [-0.3, -0.25) is 0 Å². The molecule has 0 unspecified atom stereocenters. The third-order valence-corrected chi connectivity index (χ3v) is 4.11. The number of piperidine rings is 1. The first-order valence-electron chi connectivity index (χ1n) is 7.26. The van der Waals surface area contributed by atoms with E-state index < -0.39 is 0 Å². The van der Waals surface area contributed by atoms with Gasteiger partial charge in [-0.2, -0.15) is 0 Å². The molecule has 3 rings (SSSR count). The van der Waals surface area contributed by atoms with Gasteiger partial charge in [0.15, 0.2) is 0 Å². The molecule has 2 aromatic rings. The zero-order chi connectivity index (χ0) is 12.9. The van der Waals surface area contributed by atoms with E-state index in [0.717, 1.165) is 13.0 Å². The fourth-order valence-corrected chi connectivity index (χ4v) is 3.13. The number of hydrogen-bond acceptors (Lipinski definition) is 1. The molecule has 1 heterocycles. The smallest absolute Gasteiger partial charge is 0.0176 e. The third-order valence-electron chi connectivity index (χ3n) is 4.11. The predicted octanol–water partition coefficient (Wildman–Crippen LogP) is 3.76. The molecule has 2 aromatic carbocycles. The van der Waals surface area contributed by atoms with Gasteiger partial charge in [-0.15, -0.1) is 0 Å². The highest BCUT2D eigenvalue weighted by Gasteiger charge is 2.25. The maximum absolute atomic E-state index is 3.72. The van der Waals surface area contributed by atoms with Crippen LogP contribution in [0.2, 0.25) is 0 Å². The second kappa shape index (κ2) is 6.03. The van der Waals surface area contributed by atoms with Crippen LogP contribution in [0, 0.1) is 0 Å². The maximum Gasteiger partial charge on any atom is 0.0176 e. The molecule has 1 nitrogen and oxygen atoms in total. The predicted molar refractivity (Wildman–Crippen MR) is 80.4 cm³/mol. The van der Waals surface area contributed by atoms with E-state index >= 15 is 0 Å². The summed E-state index contributed by atoms with van der Waals surface area (Å²) < 4.78 is 0. The molecule has 0 bridgehead atoms. The zero-order valence-corrected chi connectivity index (χ0v) is 11.3. The van der Waals surface area contributed by atoms with Gasteiger partial charge in [0, 0.05) is 6.04 Å². The van der Waals surface area contributed by atoms with Crippen LogP contribution in [0.5, 0.6) is 0 Å². The highest BCUT2D eigenvalue weighted by atomic mass is 14.9. The minimum Gasteiger partial charge on any atom is -0.313 e. The van der Waals surface area contributed by atoms with E-state index in [1.54, 1.807) is 0 Å². The first-order valence-corrected chi connectivity index (χ1v) is 7.26. The van der Waals surface area contributed by atoms with Crippen molar-refractivity contribution in [3.05, 3.63) is 71.8 Å². The van der Waals surface area contributed by atoms with Crippen molar-refractivity contribution in [2.75, 3.05) is 6.54 Å². The van der Waals surface area contributed by atoms with Crippen molar-refractivity contribution < 1.29 is 0 Å². The van der Waals surface area contributed by atoms with Crippen LogP contribution in [-0.2, 0) is 6.42 Å². The Bertz CT molecular complexity index is 492. The molecular formula is C18H21N. The van der Waals surface area contributed by atoms with Crippen LogP contribution in [-0.4, -0.2) is 12.6 Å². The second-order valence-corrected chi connectivity index (χ2v) is 5.41.